The average molecular weight is 399 g/mol. The van der Waals surface area contributed by atoms with Crippen LogP contribution in [0.25, 0.3) is 5.69 Å². The van der Waals surface area contributed by atoms with Crippen LogP contribution in [0.5, 0.6) is 0 Å². The van der Waals surface area contributed by atoms with Crippen molar-refractivity contribution in [2.45, 2.75) is 13.8 Å². The minimum atomic E-state index is -0.343. The quantitative estimate of drug-likeness (QED) is 0.688. The van der Waals surface area contributed by atoms with Crippen LogP contribution in [0.3, 0.4) is 0 Å². The number of rotatable bonds is 6. The van der Waals surface area contributed by atoms with Crippen LogP contribution in [-0.2, 0) is 0 Å². The van der Waals surface area contributed by atoms with Gasteiger partial charge in [0.15, 0.2) is 0 Å². The van der Waals surface area contributed by atoms with E-state index in [1.165, 1.54) is 11.0 Å². The largest absolute Gasteiger partial charge is 0.339 e. The minimum Gasteiger partial charge on any atom is -0.339 e. The smallest absolute Gasteiger partial charge is 0.257 e. The van der Waals surface area contributed by atoms with Gasteiger partial charge in [0.1, 0.15) is 6.33 Å². The van der Waals surface area contributed by atoms with Crippen molar-refractivity contribution in [1.29, 1.82) is 0 Å². The Kier molecular flexibility index (Phi) is 6.00. The van der Waals surface area contributed by atoms with Crippen LogP contribution < -0.4 is 5.32 Å². The van der Waals surface area contributed by atoms with E-state index in [-0.39, 0.29) is 16.8 Å². The normalized spacial score (nSPS) is 10.5. The number of carbonyl (C=O) groups is 2. The molecular weight excluding hydrogens is 380 g/mol. The number of nitrogens with one attached hydrogen (secondary N) is 1. The molecule has 144 valence electrons. The molecule has 0 aliphatic rings. The molecule has 9 heteroatoms. The first-order valence-corrected chi connectivity index (χ1v) is 9.15. The third-order valence-corrected chi connectivity index (χ3v) is 4.57. The van der Waals surface area contributed by atoms with Crippen molar-refractivity contribution in [2.75, 3.05) is 18.4 Å². The van der Waals surface area contributed by atoms with Crippen molar-refractivity contribution < 1.29 is 9.59 Å². The number of amides is 2. The zero-order chi connectivity index (χ0) is 20.1. The number of aromatic nitrogens is 4. The summed E-state index contributed by atoms with van der Waals surface area (Å²) < 4.78 is 1.41. The SMILES string of the molecule is CCN(CC)C(=O)c1ccc(NC(=O)c2ccccc2-n2cnnn2)cc1Cl. The van der Waals surface area contributed by atoms with E-state index in [1.54, 1.807) is 47.4 Å². The second-order valence-corrected chi connectivity index (χ2v) is 6.30. The highest BCUT2D eigenvalue weighted by atomic mass is 35.5. The predicted octanol–water partition coefficient (Wildman–Crippen LogP) is 3.05. The molecule has 1 N–H and O–H groups in total. The summed E-state index contributed by atoms with van der Waals surface area (Å²) in [5.74, 6) is -0.484. The molecule has 2 amide bonds. The number of anilines is 1. The Morgan fingerprint density at radius 1 is 1.11 bits per heavy atom. The second kappa shape index (κ2) is 8.62. The summed E-state index contributed by atoms with van der Waals surface area (Å²) in [7, 11) is 0. The number of carbonyl (C=O) groups excluding carboxylic acids is 2. The molecule has 0 unspecified atom stereocenters. The first kappa shape index (κ1) is 19.5. The molecule has 1 aromatic heterocycles. The molecule has 0 bridgehead atoms. The molecular formula is C19H19ClN6O2. The highest BCUT2D eigenvalue weighted by Crippen LogP contribution is 2.23. The summed E-state index contributed by atoms with van der Waals surface area (Å²) in [5, 5.41) is 14.1. The van der Waals surface area contributed by atoms with Crippen molar-refractivity contribution >= 4 is 29.1 Å². The molecule has 3 aromatic rings. The van der Waals surface area contributed by atoms with Gasteiger partial charge in [0.05, 0.1) is 21.8 Å². The second-order valence-electron chi connectivity index (χ2n) is 5.90. The number of benzene rings is 2. The summed E-state index contributed by atoms with van der Waals surface area (Å²) in [6, 6.07) is 11.8. The zero-order valence-electron chi connectivity index (χ0n) is 15.5. The molecule has 0 atom stereocenters. The highest BCUT2D eigenvalue weighted by molar-refractivity contribution is 6.34. The van der Waals surface area contributed by atoms with E-state index in [1.807, 2.05) is 13.8 Å². The van der Waals surface area contributed by atoms with Crippen LogP contribution in [0.4, 0.5) is 5.69 Å². The van der Waals surface area contributed by atoms with E-state index < -0.39 is 0 Å². The van der Waals surface area contributed by atoms with Gasteiger partial charge in [0, 0.05) is 18.8 Å². The summed E-state index contributed by atoms with van der Waals surface area (Å²) in [6.07, 6.45) is 1.41. The third-order valence-electron chi connectivity index (χ3n) is 4.25. The molecule has 0 spiro atoms. The van der Waals surface area contributed by atoms with Gasteiger partial charge in [-0.25, -0.2) is 0 Å². The molecule has 0 fully saturated rings. The maximum atomic E-state index is 12.7. The number of halogens is 1. The van der Waals surface area contributed by atoms with Gasteiger partial charge in [-0.1, -0.05) is 23.7 Å². The maximum Gasteiger partial charge on any atom is 0.257 e. The van der Waals surface area contributed by atoms with E-state index >= 15 is 0 Å². The summed E-state index contributed by atoms with van der Waals surface area (Å²) in [5.41, 5.74) is 1.83. The Labute approximate surface area is 167 Å². The molecule has 28 heavy (non-hydrogen) atoms. The van der Waals surface area contributed by atoms with Gasteiger partial charge in [-0.3, -0.25) is 9.59 Å². The topological polar surface area (TPSA) is 93.0 Å². The maximum absolute atomic E-state index is 12.7. The van der Waals surface area contributed by atoms with E-state index in [0.29, 0.717) is 35.6 Å². The van der Waals surface area contributed by atoms with E-state index in [9.17, 15) is 9.59 Å². The fourth-order valence-electron chi connectivity index (χ4n) is 2.78. The number of hydrogen-bond donors (Lipinski definition) is 1. The number of para-hydroxylation sites is 1. The van der Waals surface area contributed by atoms with E-state index in [0.717, 1.165) is 0 Å². The molecule has 2 aromatic carbocycles. The Hall–Kier alpha value is -3.26. The summed E-state index contributed by atoms with van der Waals surface area (Å²) in [6.45, 7) is 5.01. The van der Waals surface area contributed by atoms with Gasteiger partial charge in [-0.15, -0.1) is 5.10 Å². The van der Waals surface area contributed by atoms with Crippen LogP contribution in [-0.4, -0.2) is 50.0 Å². The van der Waals surface area contributed by atoms with Gasteiger partial charge in [0.25, 0.3) is 11.8 Å². The van der Waals surface area contributed by atoms with Gasteiger partial charge in [-0.05, 0) is 54.6 Å². The molecule has 3 rings (SSSR count). The third kappa shape index (κ3) is 4.01. The molecule has 0 saturated carbocycles. The first-order valence-electron chi connectivity index (χ1n) is 8.77. The average Bonchev–Trinajstić information content (AvgIpc) is 3.23. The highest BCUT2D eigenvalue weighted by Gasteiger charge is 2.18. The van der Waals surface area contributed by atoms with Crippen molar-refractivity contribution in [3.05, 3.63) is 64.9 Å². The van der Waals surface area contributed by atoms with Gasteiger partial charge in [-0.2, -0.15) is 4.68 Å². The van der Waals surface area contributed by atoms with Crippen molar-refractivity contribution in [3.63, 3.8) is 0 Å². The number of hydrogen-bond acceptors (Lipinski definition) is 5. The molecule has 0 aliphatic heterocycles. The molecule has 8 nitrogen and oxygen atoms in total. The molecule has 0 radical (unpaired) electrons. The monoisotopic (exact) mass is 398 g/mol. The lowest BCUT2D eigenvalue weighted by Crippen LogP contribution is -2.30. The van der Waals surface area contributed by atoms with Crippen LogP contribution >= 0.6 is 11.6 Å². The molecule has 0 aliphatic carbocycles. The lowest BCUT2D eigenvalue weighted by Gasteiger charge is -2.19. The van der Waals surface area contributed by atoms with E-state index in [4.69, 9.17) is 11.6 Å². The Bertz CT molecular complexity index is 986. The van der Waals surface area contributed by atoms with Crippen molar-refractivity contribution in [2.24, 2.45) is 0 Å². The predicted molar refractivity (Wildman–Crippen MR) is 106 cm³/mol. The summed E-state index contributed by atoms with van der Waals surface area (Å²) >= 11 is 6.29. The Morgan fingerprint density at radius 2 is 1.86 bits per heavy atom. The standard InChI is InChI=1S/C19H19ClN6O2/c1-3-25(4-2)19(28)14-10-9-13(11-16(14)20)22-18(27)15-7-5-6-8-17(15)26-12-21-23-24-26/h5-12H,3-4H2,1-2H3,(H,22,27). The van der Waals surface area contributed by atoms with Gasteiger partial charge in [0.2, 0.25) is 0 Å². The Morgan fingerprint density at radius 3 is 2.50 bits per heavy atom. The first-order chi connectivity index (χ1) is 13.5. The number of nitrogens with zero attached hydrogens (tertiary/aromatic N) is 5. The lowest BCUT2D eigenvalue weighted by molar-refractivity contribution is 0.0773. The van der Waals surface area contributed by atoms with Crippen molar-refractivity contribution in [3.8, 4) is 5.69 Å². The molecule has 0 saturated heterocycles. The van der Waals surface area contributed by atoms with Crippen LogP contribution in [0.2, 0.25) is 5.02 Å². The van der Waals surface area contributed by atoms with Gasteiger partial charge >= 0.3 is 0 Å². The van der Waals surface area contributed by atoms with Gasteiger partial charge < -0.3 is 10.2 Å². The van der Waals surface area contributed by atoms with Crippen LogP contribution in [0.1, 0.15) is 34.6 Å². The number of tetrazole rings is 1. The van der Waals surface area contributed by atoms with E-state index in [2.05, 4.69) is 20.8 Å². The van der Waals surface area contributed by atoms with Crippen molar-refractivity contribution in [1.82, 2.24) is 25.1 Å². The summed E-state index contributed by atoms with van der Waals surface area (Å²) in [4.78, 5) is 26.9. The van der Waals surface area contributed by atoms with Crippen LogP contribution in [0, 0.1) is 0 Å². The fourth-order valence-corrected chi connectivity index (χ4v) is 3.04. The minimum absolute atomic E-state index is 0.142. The fraction of sp³-hybridized carbons (Fsp3) is 0.211. The zero-order valence-corrected chi connectivity index (χ0v) is 16.2. The molecule has 1 heterocycles. The Balaban J connectivity index is 1.83. The lowest BCUT2D eigenvalue weighted by atomic mass is 10.1. The van der Waals surface area contributed by atoms with Crippen LogP contribution in [0.15, 0.2) is 48.8 Å².